The number of likely N-dealkylation sites (N-methyl/N-ethyl adjacent to an activating group) is 1. The molecule has 0 aromatic heterocycles. The first-order valence-electron chi connectivity index (χ1n) is 11.4. The third kappa shape index (κ3) is 5.35. The average Bonchev–Trinajstić information content (AvgIpc) is 2.80. The minimum Gasteiger partial charge on any atom is -0.369 e. The number of amides is 1. The number of nitrogens with one attached hydrogen (secondary N) is 1. The minimum atomic E-state index is -3.74. The van der Waals surface area contributed by atoms with Gasteiger partial charge in [-0.25, -0.2) is 8.42 Å². The Bertz CT molecular complexity index is 1120. The molecule has 0 unspecified atom stereocenters. The molecule has 0 saturated carbocycles. The molecule has 2 aromatic carbocycles. The number of carbonyl (C=O) groups is 1. The number of halogens is 1. The molecule has 178 valence electrons. The maximum absolute atomic E-state index is 13.1. The van der Waals surface area contributed by atoms with Gasteiger partial charge in [-0.15, -0.1) is 0 Å². The lowest BCUT2D eigenvalue weighted by Gasteiger charge is -2.35. The van der Waals surface area contributed by atoms with Gasteiger partial charge in [0.05, 0.1) is 5.02 Å². The van der Waals surface area contributed by atoms with Crippen molar-refractivity contribution in [1.82, 2.24) is 9.21 Å². The van der Waals surface area contributed by atoms with E-state index in [0.29, 0.717) is 18.8 Å². The summed E-state index contributed by atoms with van der Waals surface area (Å²) in [4.78, 5) is 17.6. The molecule has 0 aliphatic carbocycles. The summed E-state index contributed by atoms with van der Waals surface area (Å²) in [6.07, 6.45) is 2.69. The summed E-state index contributed by atoms with van der Waals surface area (Å²) in [7, 11) is -1.61. The van der Waals surface area contributed by atoms with E-state index in [1.165, 1.54) is 22.1 Å². The van der Waals surface area contributed by atoms with Gasteiger partial charge in [0.25, 0.3) is 5.91 Å². The Balaban J connectivity index is 1.51. The molecular formula is C24H31ClN4O3S. The highest BCUT2D eigenvalue weighted by Crippen LogP contribution is 2.29. The average molecular weight is 491 g/mol. The maximum Gasteiger partial charge on any atom is 0.255 e. The standard InChI is InChI=1S/C24H31ClN4O3S/c1-18-16-20(7-9-22(18)28-14-12-27(2)13-15-28)26-24(30)19-6-8-21(25)23(17-19)33(31,32)29-10-4-3-5-11-29/h6-9,16-17H,3-5,10-15H2,1-2H3,(H,26,30). The lowest BCUT2D eigenvalue weighted by molar-refractivity contribution is 0.102. The number of benzene rings is 2. The summed E-state index contributed by atoms with van der Waals surface area (Å²) in [6, 6.07) is 10.3. The molecule has 33 heavy (non-hydrogen) atoms. The molecule has 2 aliphatic heterocycles. The fraction of sp³-hybridized carbons (Fsp3) is 0.458. The van der Waals surface area contributed by atoms with Crippen LogP contribution in [0.15, 0.2) is 41.3 Å². The summed E-state index contributed by atoms with van der Waals surface area (Å²) in [6.45, 7) is 7.00. The van der Waals surface area contributed by atoms with E-state index in [1.54, 1.807) is 6.07 Å². The predicted molar refractivity (Wildman–Crippen MR) is 133 cm³/mol. The molecule has 2 saturated heterocycles. The van der Waals surface area contributed by atoms with E-state index in [2.05, 4.69) is 22.2 Å². The van der Waals surface area contributed by atoms with Gasteiger partial charge in [0.15, 0.2) is 0 Å². The second-order valence-corrected chi connectivity index (χ2v) is 11.2. The quantitative estimate of drug-likeness (QED) is 0.689. The van der Waals surface area contributed by atoms with Gasteiger partial charge in [-0.05, 0) is 68.8 Å². The van der Waals surface area contributed by atoms with Crippen LogP contribution in [0.1, 0.15) is 35.2 Å². The van der Waals surface area contributed by atoms with Gasteiger partial charge in [-0.1, -0.05) is 18.0 Å². The molecule has 9 heteroatoms. The van der Waals surface area contributed by atoms with Crippen molar-refractivity contribution in [1.29, 1.82) is 0 Å². The number of rotatable bonds is 5. The molecule has 0 spiro atoms. The number of anilines is 2. The van der Waals surface area contributed by atoms with Crippen molar-refractivity contribution in [3.05, 3.63) is 52.5 Å². The third-order valence-electron chi connectivity index (χ3n) is 6.42. The highest BCUT2D eigenvalue weighted by atomic mass is 35.5. The predicted octanol–water partition coefficient (Wildman–Crippen LogP) is 3.83. The summed E-state index contributed by atoms with van der Waals surface area (Å²) in [5, 5.41) is 3.03. The Kier molecular flexibility index (Phi) is 7.28. The van der Waals surface area contributed by atoms with Gasteiger partial charge in [-0.2, -0.15) is 4.31 Å². The van der Waals surface area contributed by atoms with Crippen molar-refractivity contribution in [2.45, 2.75) is 31.1 Å². The van der Waals surface area contributed by atoms with Gasteiger partial charge in [-0.3, -0.25) is 4.79 Å². The van der Waals surface area contributed by atoms with Crippen LogP contribution in [-0.4, -0.2) is 69.8 Å². The minimum absolute atomic E-state index is 0.0136. The summed E-state index contributed by atoms with van der Waals surface area (Å²) in [5.74, 6) is -0.367. The molecule has 2 aromatic rings. The van der Waals surface area contributed by atoms with Gasteiger partial charge >= 0.3 is 0 Å². The van der Waals surface area contributed by atoms with Crippen LogP contribution in [0.5, 0.6) is 0 Å². The van der Waals surface area contributed by atoms with Crippen LogP contribution in [0.4, 0.5) is 11.4 Å². The van der Waals surface area contributed by atoms with Gasteiger partial charge in [0.2, 0.25) is 10.0 Å². The smallest absolute Gasteiger partial charge is 0.255 e. The van der Waals surface area contributed by atoms with Gasteiger partial charge < -0.3 is 15.1 Å². The number of nitrogens with zero attached hydrogens (tertiary/aromatic N) is 3. The van der Waals surface area contributed by atoms with Crippen molar-refractivity contribution in [3.8, 4) is 0 Å². The van der Waals surface area contributed by atoms with Crippen LogP contribution in [0.25, 0.3) is 0 Å². The van der Waals surface area contributed by atoms with E-state index >= 15 is 0 Å². The number of hydrogen-bond donors (Lipinski definition) is 1. The Hall–Kier alpha value is -2.13. The van der Waals surface area contributed by atoms with Crippen molar-refractivity contribution in [2.75, 3.05) is 56.5 Å². The van der Waals surface area contributed by atoms with Crippen molar-refractivity contribution < 1.29 is 13.2 Å². The molecular weight excluding hydrogens is 460 g/mol. The number of aryl methyl sites for hydroxylation is 1. The van der Waals surface area contributed by atoms with Crippen LogP contribution in [0, 0.1) is 6.92 Å². The van der Waals surface area contributed by atoms with Gasteiger partial charge in [0.1, 0.15) is 4.90 Å². The van der Waals surface area contributed by atoms with Crippen LogP contribution in [0.3, 0.4) is 0 Å². The third-order valence-corrected chi connectivity index (χ3v) is 8.81. The Morgan fingerprint density at radius 2 is 1.64 bits per heavy atom. The van der Waals surface area contributed by atoms with E-state index in [-0.39, 0.29) is 21.4 Å². The SMILES string of the molecule is Cc1cc(NC(=O)c2ccc(Cl)c(S(=O)(=O)N3CCCCC3)c2)ccc1N1CCN(C)CC1. The number of piperidine rings is 1. The number of sulfonamides is 1. The second-order valence-electron chi connectivity index (χ2n) is 8.86. The number of piperazine rings is 1. The monoisotopic (exact) mass is 490 g/mol. The van der Waals surface area contributed by atoms with E-state index in [4.69, 9.17) is 11.6 Å². The zero-order chi connectivity index (χ0) is 23.6. The number of hydrogen-bond acceptors (Lipinski definition) is 5. The Morgan fingerprint density at radius 1 is 0.939 bits per heavy atom. The molecule has 1 N–H and O–H groups in total. The fourth-order valence-electron chi connectivity index (χ4n) is 4.43. The van der Waals surface area contributed by atoms with E-state index in [1.807, 2.05) is 25.1 Å². The molecule has 2 aliphatic rings. The van der Waals surface area contributed by atoms with Crippen molar-refractivity contribution in [2.24, 2.45) is 0 Å². The zero-order valence-corrected chi connectivity index (χ0v) is 20.8. The Morgan fingerprint density at radius 3 is 2.30 bits per heavy atom. The first kappa shape index (κ1) is 24.0. The highest BCUT2D eigenvalue weighted by molar-refractivity contribution is 7.89. The lowest BCUT2D eigenvalue weighted by Crippen LogP contribution is -2.44. The normalized spacial score (nSPS) is 18.3. The molecule has 0 bridgehead atoms. The fourth-order valence-corrected chi connectivity index (χ4v) is 6.44. The van der Waals surface area contributed by atoms with Crippen LogP contribution >= 0.6 is 11.6 Å². The summed E-state index contributed by atoms with van der Waals surface area (Å²) >= 11 is 6.24. The molecule has 1 amide bonds. The maximum atomic E-state index is 13.1. The molecule has 0 atom stereocenters. The molecule has 4 rings (SSSR count). The van der Waals surface area contributed by atoms with Crippen LogP contribution in [-0.2, 0) is 10.0 Å². The molecule has 2 fully saturated rings. The van der Waals surface area contributed by atoms with Gasteiger partial charge in [0, 0.05) is 56.2 Å². The zero-order valence-electron chi connectivity index (χ0n) is 19.2. The first-order valence-corrected chi connectivity index (χ1v) is 13.2. The van der Waals surface area contributed by atoms with Crippen molar-refractivity contribution in [3.63, 3.8) is 0 Å². The summed E-state index contributed by atoms with van der Waals surface area (Å²) in [5.41, 5.74) is 3.19. The largest absolute Gasteiger partial charge is 0.369 e. The highest BCUT2D eigenvalue weighted by Gasteiger charge is 2.29. The summed E-state index contributed by atoms with van der Waals surface area (Å²) < 4.78 is 27.7. The Labute approximate surface area is 201 Å². The second kappa shape index (κ2) is 10.0. The molecule has 7 nitrogen and oxygen atoms in total. The molecule has 0 radical (unpaired) electrons. The van der Waals surface area contributed by atoms with E-state index in [9.17, 15) is 13.2 Å². The van der Waals surface area contributed by atoms with Crippen LogP contribution in [0.2, 0.25) is 5.02 Å². The lowest BCUT2D eigenvalue weighted by atomic mass is 10.1. The van der Waals surface area contributed by atoms with E-state index in [0.717, 1.165) is 51.0 Å². The van der Waals surface area contributed by atoms with Crippen molar-refractivity contribution >= 4 is 38.9 Å². The first-order chi connectivity index (χ1) is 15.8. The van der Waals surface area contributed by atoms with E-state index < -0.39 is 10.0 Å². The van der Waals surface area contributed by atoms with Crippen LogP contribution < -0.4 is 10.2 Å². The number of carbonyl (C=O) groups excluding carboxylic acids is 1. The topological polar surface area (TPSA) is 73.0 Å². The molecule has 2 heterocycles.